The number of fused-ring (bicyclic) bond motifs is 1. The quantitative estimate of drug-likeness (QED) is 0.352. The number of ether oxygens (including phenoxy) is 1. The molecule has 1 aromatic rings. The fourth-order valence-electron chi connectivity index (χ4n) is 2.65. The number of hydrogen-bond donors (Lipinski definition) is 2. The minimum absolute atomic E-state index is 0.0671. The van der Waals surface area contributed by atoms with Gasteiger partial charge < -0.3 is 14.9 Å². The third-order valence-corrected chi connectivity index (χ3v) is 4.28. The number of hydrogen-bond acceptors (Lipinski definition) is 6. The molecule has 0 bridgehead atoms. The number of esters is 1. The second kappa shape index (κ2) is 8.03. The van der Waals surface area contributed by atoms with Crippen molar-refractivity contribution in [2.75, 3.05) is 0 Å². The van der Waals surface area contributed by atoms with Crippen molar-refractivity contribution in [3.05, 3.63) is 58.2 Å². The largest absolute Gasteiger partial charge is 0.507 e. The van der Waals surface area contributed by atoms with Gasteiger partial charge in [-0.2, -0.15) is 0 Å². The Bertz CT molecular complexity index is 898. The van der Waals surface area contributed by atoms with Crippen molar-refractivity contribution in [2.45, 2.75) is 40.2 Å². The van der Waals surface area contributed by atoms with Gasteiger partial charge in [-0.25, -0.2) is 4.79 Å². The molecule has 0 spiro atoms. The van der Waals surface area contributed by atoms with Gasteiger partial charge in [-0.3, -0.25) is 9.59 Å². The zero-order chi connectivity index (χ0) is 20.3. The van der Waals surface area contributed by atoms with Crippen LogP contribution in [0.15, 0.2) is 41.5 Å². The first kappa shape index (κ1) is 20.2. The Kier molecular flexibility index (Phi) is 6.00. The summed E-state index contributed by atoms with van der Waals surface area (Å²) in [5.74, 6) is -2.67. The molecular formula is C21H22O6. The first-order valence-electron chi connectivity index (χ1n) is 8.50. The molecule has 27 heavy (non-hydrogen) atoms. The zero-order valence-electron chi connectivity index (χ0n) is 15.7. The highest BCUT2D eigenvalue weighted by Gasteiger charge is 2.31. The molecular weight excluding hydrogens is 348 g/mol. The van der Waals surface area contributed by atoms with Crippen molar-refractivity contribution in [1.82, 2.24) is 0 Å². The lowest BCUT2D eigenvalue weighted by molar-refractivity contribution is -0.144. The van der Waals surface area contributed by atoms with Gasteiger partial charge in [-0.15, -0.1) is 0 Å². The minimum Gasteiger partial charge on any atom is -0.507 e. The summed E-state index contributed by atoms with van der Waals surface area (Å²) in [5.41, 5.74) is 0.888. The highest BCUT2D eigenvalue weighted by molar-refractivity contribution is 6.24. The molecule has 1 aliphatic rings. The monoisotopic (exact) mass is 370 g/mol. The predicted molar refractivity (Wildman–Crippen MR) is 99.9 cm³/mol. The number of benzene rings is 1. The van der Waals surface area contributed by atoms with Crippen molar-refractivity contribution >= 4 is 17.5 Å². The van der Waals surface area contributed by atoms with Crippen LogP contribution in [-0.2, 0) is 9.53 Å². The number of rotatable bonds is 5. The molecule has 1 aliphatic carbocycles. The lowest BCUT2D eigenvalue weighted by Gasteiger charge is -2.22. The Balaban J connectivity index is 2.59. The number of carbonyl (C=O) groups excluding carboxylic acids is 3. The van der Waals surface area contributed by atoms with Gasteiger partial charge in [0.1, 0.15) is 17.6 Å². The van der Waals surface area contributed by atoms with Crippen molar-refractivity contribution < 1.29 is 29.3 Å². The van der Waals surface area contributed by atoms with Gasteiger partial charge in [0, 0.05) is 17.6 Å². The average Bonchev–Trinajstić information content (AvgIpc) is 2.62. The van der Waals surface area contributed by atoms with Crippen molar-refractivity contribution in [1.29, 1.82) is 0 Å². The summed E-state index contributed by atoms with van der Waals surface area (Å²) in [7, 11) is 0. The molecule has 0 aliphatic heterocycles. The van der Waals surface area contributed by atoms with E-state index in [-0.39, 0.29) is 23.1 Å². The van der Waals surface area contributed by atoms with E-state index in [1.165, 1.54) is 6.07 Å². The summed E-state index contributed by atoms with van der Waals surface area (Å²) < 4.78 is 5.49. The molecule has 1 aromatic carbocycles. The maximum atomic E-state index is 12.2. The van der Waals surface area contributed by atoms with Gasteiger partial charge in [-0.1, -0.05) is 17.7 Å². The average molecular weight is 370 g/mol. The van der Waals surface area contributed by atoms with E-state index in [0.29, 0.717) is 5.57 Å². The zero-order valence-corrected chi connectivity index (χ0v) is 15.7. The lowest BCUT2D eigenvalue weighted by atomic mass is 9.89. The van der Waals surface area contributed by atoms with Crippen LogP contribution >= 0.6 is 0 Å². The summed E-state index contributed by atoms with van der Waals surface area (Å²) in [6.45, 7) is 7.03. The molecule has 0 aromatic heterocycles. The molecule has 142 valence electrons. The summed E-state index contributed by atoms with van der Waals surface area (Å²) in [6.07, 6.45) is 4.78. The van der Waals surface area contributed by atoms with Crippen molar-refractivity contribution in [2.24, 2.45) is 0 Å². The smallest absolute Gasteiger partial charge is 0.334 e. The molecule has 6 heteroatoms. The van der Waals surface area contributed by atoms with E-state index < -0.39 is 35.1 Å². The van der Waals surface area contributed by atoms with Crippen LogP contribution in [0.1, 0.15) is 66.5 Å². The number of carbonyl (C=O) groups is 3. The highest BCUT2D eigenvalue weighted by Crippen LogP contribution is 2.41. The predicted octanol–water partition coefficient (Wildman–Crippen LogP) is 3.94. The van der Waals surface area contributed by atoms with Crippen LogP contribution in [0.2, 0.25) is 0 Å². The minimum atomic E-state index is -0.938. The van der Waals surface area contributed by atoms with E-state index in [1.54, 1.807) is 19.9 Å². The topological polar surface area (TPSA) is 101 Å². The third kappa shape index (κ3) is 4.16. The summed E-state index contributed by atoms with van der Waals surface area (Å²) in [6, 6.07) is 1.17. The van der Waals surface area contributed by atoms with E-state index in [9.17, 15) is 24.6 Å². The van der Waals surface area contributed by atoms with Crippen LogP contribution in [0.4, 0.5) is 0 Å². The van der Waals surface area contributed by atoms with Gasteiger partial charge in [0.2, 0.25) is 0 Å². The van der Waals surface area contributed by atoms with Crippen molar-refractivity contribution in [3.8, 4) is 11.5 Å². The molecule has 2 N–H and O–H groups in total. The van der Waals surface area contributed by atoms with Crippen LogP contribution < -0.4 is 0 Å². The summed E-state index contributed by atoms with van der Waals surface area (Å²) in [5, 5.41) is 20.9. The Morgan fingerprint density at radius 2 is 1.70 bits per heavy atom. The lowest BCUT2D eigenvalue weighted by Crippen LogP contribution is -2.16. The van der Waals surface area contributed by atoms with E-state index >= 15 is 0 Å². The van der Waals surface area contributed by atoms with Gasteiger partial charge in [0.15, 0.2) is 11.6 Å². The van der Waals surface area contributed by atoms with Crippen LogP contribution in [0.3, 0.4) is 0 Å². The number of phenols is 2. The Hall–Kier alpha value is -3.15. The first-order valence-corrected chi connectivity index (χ1v) is 8.50. The second-order valence-electron chi connectivity index (χ2n) is 6.53. The molecule has 6 nitrogen and oxygen atoms in total. The van der Waals surface area contributed by atoms with E-state index in [4.69, 9.17) is 4.74 Å². The standard InChI is InChI=1S/C21H22O6/c1-5-12(4)21(26)27-17(9-6-11(2)3)13-10-16(24)18-14(22)7-8-15(23)19(18)20(13)25/h5-8,10,17,24-25H,9H2,1-4H3/t17-/m0/s1. The molecule has 2 rings (SSSR count). The second-order valence-corrected chi connectivity index (χ2v) is 6.53. The van der Waals surface area contributed by atoms with Gasteiger partial charge >= 0.3 is 5.97 Å². The SMILES string of the molecule is CC=C(C)C(=O)O[C@@H](CC=C(C)C)c1cc(O)c2c(c1O)C(=O)C=CC2=O. The van der Waals surface area contributed by atoms with Crippen LogP contribution in [0.5, 0.6) is 11.5 Å². The number of ketones is 2. The number of aromatic hydroxyl groups is 2. The Morgan fingerprint density at radius 1 is 1.11 bits per heavy atom. The molecule has 0 amide bonds. The fourth-order valence-corrected chi connectivity index (χ4v) is 2.65. The van der Waals surface area contributed by atoms with E-state index in [1.807, 2.05) is 19.9 Å². The molecule has 0 saturated heterocycles. The maximum Gasteiger partial charge on any atom is 0.334 e. The Labute approximate surface area is 157 Å². The normalized spacial score (nSPS) is 14.6. The molecule has 1 atom stereocenters. The maximum absolute atomic E-state index is 12.2. The molecule has 0 saturated carbocycles. The summed E-state index contributed by atoms with van der Waals surface area (Å²) >= 11 is 0. The third-order valence-electron chi connectivity index (χ3n) is 4.28. The first-order chi connectivity index (χ1) is 12.7. The Morgan fingerprint density at radius 3 is 2.26 bits per heavy atom. The number of phenolic OH excluding ortho intramolecular Hbond substituents is 2. The van der Waals surface area contributed by atoms with E-state index in [2.05, 4.69) is 0 Å². The van der Waals surface area contributed by atoms with E-state index in [0.717, 1.165) is 17.7 Å². The van der Waals surface area contributed by atoms with Crippen molar-refractivity contribution in [3.63, 3.8) is 0 Å². The van der Waals surface area contributed by atoms with Gasteiger partial charge in [-0.05, 0) is 45.9 Å². The van der Waals surface area contributed by atoms with Gasteiger partial charge in [0.25, 0.3) is 0 Å². The van der Waals surface area contributed by atoms with Gasteiger partial charge in [0.05, 0.1) is 11.1 Å². The number of allylic oxidation sites excluding steroid dienone is 4. The molecule has 0 unspecified atom stereocenters. The fraction of sp³-hybridized carbons (Fsp3) is 0.286. The molecule has 0 radical (unpaired) electrons. The van der Waals surface area contributed by atoms with Crippen LogP contribution in [0.25, 0.3) is 0 Å². The van der Waals surface area contributed by atoms with Crippen LogP contribution in [0, 0.1) is 0 Å². The molecule has 0 heterocycles. The molecule has 0 fully saturated rings. The highest BCUT2D eigenvalue weighted by atomic mass is 16.5. The van der Waals surface area contributed by atoms with Crippen LogP contribution in [-0.4, -0.2) is 27.7 Å². The summed E-state index contributed by atoms with van der Waals surface area (Å²) in [4.78, 5) is 36.4.